The van der Waals surface area contributed by atoms with E-state index in [1.54, 1.807) is 0 Å². The van der Waals surface area contributed by atoms with E-state index in [-0.39, 0.29) is 7.02 Å². The summed E-state index contributed by atoms with van der Waals surface area (Å²) in [5, 5.41) is 0. The summed E-state index contributed by atoms with van der Waals surface area (Å²) in [5.74, 6) is 3.16. The van der Waals surface area contributed by atoms with Crippen molar-refractivity contribution in [2.75, 3.05) is 6.61 Å². The van der Waals surface area contributed by atoms with Crippen molar-refractivity contribution in [3.8, 4) is 0 Å². The topological polar surface area (TPSA) is 9.23 Å². The van der Waals surface area contributed by atoms with E-state index in [1.165, 1.54) is 102 Å². The van der Waals surface area contributed by atoms with Gasteiger partial charge in [0.05, 0.1) is 13.1 Å². The molecule has 25 heavy (non-hydrogen) atoms. The first-order valence-corrected chi connectivity index (χ1v) is 17.6. The second-order valence-corrected chi connectivity index (χ2v) is 13.1. The molecule has 2 rings (SSSR count). The van der Waals surface area contributed by atoms with Crippen molar-refractivity contribution in [3.05, 3.63) is 0 Å². The molecule has 3 heteroatoms. The van der Waals surface area contributed by atoms with Crippen LogP contribution in [0.1, 0.15) is 103 Å². The van der Waals surface area contributed by atoms with Crippen molar-refractivity contribution in [2.24, 2.45) is 17.8 Å². The van der Waals surface area contributed by atoms with Gasteiger partial charge >= 0.3 is 0 Å². The minimum Gasteiger partial charge on any atom is -0.378 e. The number of hydrogen-bond acceptors (Lipinski definition) is 1. The minimum atomic E-state index is 0.219. The zero-order valence-electron chi connectivity index (χ0n) is 16.8. The smallest absolute Gasteiger partial charge is 0.0938 e. The summed E-state index contributed by atoms with van der Waals surface area (Å²) in [6.45, 7) is 3.35. The fraction of sp³-hybridized carbons (Fsp3) is 1.00. The average Bonchev–Trinajstić information content (AvgIpc) is 2.66. The number of halogens is 1. The lowest BCUT2D eigenvalue weighted by Gasteiger charge is -2.38. The molecule has 1 nitrogen and oxygen atoms in total. The summed E-state index contributed by atoms with van der Waals surface area (Å²) < 4.78 is 6.13. The Bertz CT molecular complexity index is 309. The van der Waals surface area contributed by atoms with E-state index in [9.17, 15) is 0 Å². The number of unbranched alkanes of at least 4 members (excludes halogenated alkanes) is 4. The second-order valence-electron chi connectivity index (χ2n) is 8.79. The van der Waals surface area contributed by atoms with Crippen LogP contribution in [0.25, 0.3) is 0 Å². The zero-order valence-corrected chi connectivity index (χ0v) is 20.4. The molecule has 0 aromatic carbocycles. The highest BCUT2D eigenvalue weighted by molar-refractivity contribution is 14.1. The Kier molecular flexibility index (Phi) is 12.4. The Balaban J connectivity index is 1.52. The van der Waals surface area contributed by atoms with Gasteiger partial charge in [0, 0.05) is 6.61 Å². The number of ether oxygens (including phenoxy) is 1. The lowest BCUT2D eigenvalue weighted by Crippen LogP contribution is -2.28. The van der Waals surface area contributed by atoms with Crippen LogP contribution in [0.4, 0.5) is 0 Å². The highest BCUT2D eigenvalue weighted by Crippen LogP contribution is 2.41. The summed E-state index contributed by atoms with van der Waals surface area (Å²) in [6.07, 6.45) is 22.5. The van der Waals surface area contributed by atoms with Gasteiger partial charge in [-0.3, -0.25) is 0 Å². The quantitative estimate of drug-likeness (QED) is 0.126. The van der Waals surface area contributed by atoms with E-state index in [4.69, 9.17) is 4.74 Å². The second kappa shape index (κ2) is 14.0. The molecule has 0 spiro atoms. The molecule has 2 aliphatic carbocycles. The Hall–Kier alpha value is 0.907. The summed E-state index contributed by atoms with van der Waals surface area (Å²) in [7, 11) is 0.219. The van der Waals surface area contributed by atoms with Gasteiger partial charge in [0.2, 0.25) is 0 Å². The molecular weight excluding hydrogens is 435 g/mol. The van der Waals surface area contributed by atoms with Crippen LogP contribution >= 0.6 is 21.8 Å². The highest BCUT2D eigenvalue weighted by atomic mass is 127. The number of hydrogen-bond donors (Lipinski definition) is 0. The molecule has 2 saturated carbocycles. The molecule has 0 heterocycles. The van der Waals surface area contributed by atoms with Crippen LogP contribution in [0.3, 0.4) is 0 Å². The lowest BCUT2D eigenvalue weighted by molar-refractivity contribution is 0.00730. The predicted octanol–water partition coefficient (Wildman–Crippen LogP) is 7.06. The number of rotatable bonds is 12. The Morgan fingerprint density at radius 2 is 1.44 bits per heavy atom. The first kappa shape index (κ1) is 22.2. The molecule has 0 amide bonds. The van der Waals surface area contributed by atoms with Gasteiger partial charge in [0.25, 0.3) is 0 Å². The third kappa shape index (κ3) is 9.10. The Morgan fingerprint density at radius 1 is 0.800 bits per heavy atom. The van der Waals surface area contributed by atoms with E-state index < -0.39 is 0 Å². The monoisotopic (exact) mass is 478 g/mol. The zero-order chi connectivity index (χ0) is 17.7. The summed E-state index contributed by atoms with van der Waals surface area (Å²) >= 11 is 2.61. The van der Waals surface area contributed by atoms with Crippen LogP contribution in [-0.2, 0) is 4.74 Å². The van der Waals surface area contributed by atoms with Crippen molar-refractivity contribution in [1.82, 2.24) is 0 Å². The van der Waals surface area contributed by atoms with Gasteiger partial charge in [-0.15, -0.1) is 21.8 Å². The molecule has 2 fully saturated rings. The average molecular weight is 479 g/mol. The van der Waals surface area contributed by atoms with E-state index in [2.05, 4.69) is 28.7 Å². The molecule has 0 N–H and O–H groups in total. The van der Waals surface area contributed by atoms with Crippen molar-refractivity contribution in [1.29, 1.82) is 0 Å². The molecule has 0 radical (unpaired) electrons. The molecule has 0 unspecified atom stereocenters. The Morgan fingerprint density at radius 3 is 2.08 bits per heavy atom. The lowest BCUT2D eigenvalue weighted by atomic mass is 9.70. The summed E-state index contributed by atoms with van der Waals surface area (Å²) in [4.78, 5) is 0. The molecule has 148 valence electrons. The van der Waals surface area contributed by atoms with E-state index in [0.717, 1.165) is 24.4 Å². The molecule has 0 saturated heterocycles. The van der Waals surface area contributed by atoms with Gasteiger partial charge in [-0.2, -0.15) is 0 Å². The van der Waals surface area contributed by atoms with Gasteiger partial charge in [-0.05, 0) is 62.7 Å². The normalized spacial score (nSPS) is 31.0. The maximum Gasteiger partial charge on any atom is 0.0938 e. The largest absolute Gasteiger partial charge is 0.378 e. The minimum absolute atomic E-state index is 0.219. The van der Waals surface area contributed by atoms with Crippen LogP contribution in [0.5, 0.6) is 0 Å². The van der Waals surface area contributed by atoms with Crippen molar-refractivity contribution in [2.45, 2.75) is 115 Å². The van der Waals surface area contributed by atoms with Gasteiger partial charge in [0.15, 0.2) is 0 Å². The van der Waals surface area contributed by atoms with Crippen molar-refractivity contribution in [3.63, 3.8) is 0 Å². The van der Waals surface area contributed by atoms with Gasteiger partial charge in [0.1, 0.15) is 0 Å². The van der Waals surface area contributed by atoms with Crippen LogP contribution in [0, 0.1) is 17.8 Å². The highest BCUT2D eigenvalue weighted by Gasteiger charge is 2.30. The SMILES string of the molecule is CCCCCCCC1CCC(C2CCC(OCCC[SiH2]I)CC2)CC1. The molecular formula is C22H43IOSi. The van der Waals surface area contributed by atoms with Gasteiger partial charge < -0.3 is 4.74 Å². The molecule has 0 bridgehead atoms. The summed E-state index contributed by atoms with van der Waals surface area (Å²) in [5.41, 5.74) is 0. The maximum absolute atomic E-state index is 6.13. The fourth-order valence-electron chi connectivity index (χ4n) is 5.16. The van der Waals surface area contributed by atoms with Crippen LogP contribution < -0.4 is 0 Å². The van der Waals surface area contributed by atoms with Crippen molar-refractivity contribution >= 4 is 28.8 Å². The van der Waals surface area contributed by atoms with Crippen LogP contribution in [0.2, 0.25) is 6.04 Å². The van der Waals surface area contributed by atoms with Crippen LogP contribution in [-0.4, -0.2) is 19.7 Å². The maximum atomic E-state index is 6.13. The van der Waals surface area contributed by atoms with E-state index in [1.807, 2.05) is 0 Å². The van der Waals surface area contributed by atoms with Gasteiger partial charge in [-0.1, -0.05) is 64.3 Å². The third-order valence-electron chi connectivity index (χ3n) is 6.87. The molecule has 0 aromatic heterocycles. The van der Waals surface area contributed by atoms with Crippen molar-refractivity contribution < 1.29 is 4.74 Å². The van der Waals surface area contributed by atoms with E-state index >= 15 is 0 Å². The first-order chi connectivity index (χ1) is 12.3. The van der Waals surface area contributed by atoms with E-state index in [0.29, 0.717) is 6.10 Å². The van der Waals surface area contributed by atoms with Crippen LogP contribution in [0.15, 0.2) is 0 Å². The predicted molar refractivity (Wildman–Crippen MR) is 123 cm³/mol. The molecule has 0 aromatic rings. The third-order valence-corrected chi connectivity index (χ3v) is 9.93. The molecule has 0 aliphatic heterocycles. The standard InChI is InChI=1S/C22H43IOSi/c1-2-3-4-5-6-8-19-9-11-20(12-10-19)21-13-15-22(16-14-21)24-17-7-18-25-23/h19-22H,2-18,25H2,1H3. The summed E-state index contributed by atoms with van der Waals surface area (Å²) in [6, 6.07) is 1.46. The molecule has 0 atom stereocenters. The first-order valence-electron chi connectivity index (χ1n) is 11.5. The molecule has 2 aliphatic rings. The fourth-order valence-corrected chi connectivity index (χ4v) is 7.17. The van der Waals surface area contributed by atoms with Gasteiger partial charge in [-0.25, -0.2) is 0 Å². The Labute approximate surface area is 172 Å².